The molecule has 3 aromatic heterocycles. The standard InChI is InChI=1S/C24H25N7O3/c1-15-11-16(2)30(28-15)22-9-10-23(32)31(29-22)17(3)24(33)25-13-19-12-21(27-14-26-19)18-5-7-20(34-4)8-6-18/h5-12,14,17H,13H2,1-4H3,(H,25,33). The summed E-state index contributed by atoms with van der Waals surface area (Å²) in [5, 5.41) is 11.6. The van der Waals surface area contributed by atoms with Crippen LogP contribution in [0.15, 0.2) is 59.7 Å². The number of benzene rings is 1. The van der Waals surface area contributed by atoms with Crippen LogP contribution in [0.3, 0.4) is 0 Å². The Hall–Kier alpha value is -4.34. The lowest BCUT2D eigenvalue weighted by Gasteiger charge is -2.15. The van der Waals surface area contributed by atoms with Crippen LogP contribution in [0.5, 0.6) is 5.75 Å². The predicted molar refractivity (Wildman–Crippen MR) is 126 cm³/mol. The van der Waals surface area contributed by atoms with E-state index in [2.05, 4.69) is 25.5 Å². The van der Waals surface area contributed by atoms with Gasteiger partial charge in [-0.25, -0.2) is 19.3 Å². The molecule has 3 heterocycles. The first kappa shape index (κ1) is 22.8. The van der Waals surface area contributed by atoms with Crippen molar-refractivity contribution in [3.63, 3.8) is 0 Å². The average Bonchev–Trinajstić information content (AvgIpc) is 3.20. The van der Waals surface area contributed by atoms with E-state index in [1.165, 1.54) is 12.4 Å². The summed E-state index contributed by atoms with van der Waals surface area (Å²) in [6.07, 6.45) is 1.45. The fourth-order valence-corrected chi connectivity index (χ4v) is 3.52. The molecular weight excluding hydrogens is 434 g/mol. The highest BCUT2D eigenvalue weighted by molar-refractivity contribution is 5.79. The first-order chi connectivity index (χ1) is 16.4. The van der Waals surface area contributed by atoms with Gasteiger partial charge in [-0.15, -0.1) is 5.10 Å². The SMILES string of the molecule is COc1ccc(-c2cc(CNC(=O)C(C)n3nc(-n4nc(C)cc4C)ccc3=O)ncn2)cc1. The molecule has 4 rings (SSSR count). The van der Waals surface area contributed by atoms with E-state index in [1.54, 1.807) is 30.8 Å². The van der Waals surface area contributed by atoms with Crippen molar-refractivity contribution >= 4 is 5.91 Å². The second-order valence-corrected chi connectivity index (χ2v) is 7.83. The lowest BCUT2D eigenvalue weighted by atomic mass is 10.1. The van der Waals surface area contributed by atoms with Crippen LogP contribution in [0, 0.1) is 13.8 Å². The summed E-state index contributed by atoms with van der Waals surface area (Å²) in [5.74, 6) is 0.861. The minimum Gasteiger partial charge on any atom is -0.497 e. The maximum Gasteiger partial charge on any atom is 0.267 e. The highest BCUT2D eigenvalue weighted by Crippen LogP contribution is 2.20. The van der Waals surface area contributed by atoms with Crippen molar-refractivity contribution < 1.29 is 9.53 Å². The zero-order valence-electron chi connectivity index (χ0n) is 19.4. The Labute approximate surface area is 196 Å². The first-order valence-corrected chi connectivity index (χ1v) is 10.7. The van der Waals surface area contributed by atoms with E-state index >= 15 is 0 Å². The van der Waals surface area contributed by atoms with Gasteiger partial charge in [-0.05, 0) is 63.2 Å². The molecular formula is C24H25N7O3. The smallest absolute Gasteiger partial charge is 0.267 e. The fourth-order valence-electron chi connectivity index (χ4n) is 3.52. The number of hydrogen-bond acceptors (Lipinski definition) is 7. The maximum atomic E-state index is 12.8. The van der Waals surface area contributed by atoms with Crippen LogP contribution in [0.2, 0.25) is 0 Å². The summed E-state index contributed by atoms with van der Waals surface area (Å²) < 4.78 is 7.98. The van der Waals surface area contributed by atoms with E-state index < -0.39 is 6.04 Å². The topological polar surface area (TPSA) is 117 Å². The summed E-state index contributed by atoms with van der Waals surface area (Å²) in [6, 6.07) is 13.4. The second-order valence-electron chi connectivity index (χ2n) is 7.83. The lowest BCUT2D eigenvalue weighted by Crippen LogP contribution is -2.37. The van der Waals surface area contributed by atoms with Crippen molar-refractivity contribution in [2.75, 3.05) is 7.11 Å². The molecule has 10 heteroatoms. The van der Waals surface area contributed by atoms with Gasteiger partial charge in [-0.1, -0.05) is 0 Å². The molecule has 10 nitrogen and oxygen atoms in total. The maximum absolute atomic E-state index is 12.8. The van der Waals surface area contributed by atoms with E-state index in [4.69, 9.17) is 4.74 Å². The largest absolute Gasteiger partial charge is 0.497 e. The molecule has 1 N–H and O–H groups in total. The third kappa shape index (κ3) is 4.85. The van der Waals surface area contributed by atoms with Crippen LogP contribution in [0.4, 0.5) is 0 Å². The second kappa shape index (κ2) is 9.65. The first-order valence-electron chi connectivity index (χ1n) is 10.7. The minimum atomic E-state index is -0.827. The zero-order chi connectivity index (χ0) is 24.2. The van der Waals surface area contributed by atoms with Crippen LogP contribution in [0.1, 0.15) is 30.0 Å². The van der Waals surface area contributed by atoms with Crippen molar-refractivity contribution in [3.05, 3.63) is 82.3 Å². The van der Waals surface area contributed by atoms with Crippen LogP contribution >= 0.6 is 0 Å². The molecule has 0 saturated carbocycles. The number of aromatic nitrogens is 6. The van der Waals surface area contributed by atoms with Gasteiger partial charge in [0.05, 0.1) is 30.7 Å². The molecule has 0 fully saturated rings. The van der Waals surface area contributed by atoms with Gasteiger partial charge in [0, 0.05) is 17.3 Å². The number of nitrogens with zero attached hydrogens (tertiary/aromatic N) is 6. The van der Waals surface area contributed by atoms with Crippen LogP contribution in [0.25, 0.3) is 17.1 Å². The Kier molecular flexibility index (Phi) is 6.48. The normalized spacial score (nSPS) is 11.8. The number of nitrogens with one attached hydrogen (secondary N) is 1. The Morgan fingerprint density at radius 3 is 2.50 bits per heavy atom. The van der Waals surface area contributed by atoms with Crippen LogP contribution in [-0.2, 0) is 11.3 Å². The number of aryl methyl sites for hydroxylation is 2. The number of ether oxygens (including phenoxy) is 1. The molecule has 0 saturated heterocycles. The summed E-state index contributed by atoms with van der Waals surface area (Å²) >= 11 is 0. The highest BCUT2D eigenvalue weighted by Gasteiger charge is 2.19. The number of carbonyl (C=O) groups excluding carboxylic acids is 1. The van der Waals surface area contributed by atoms with Gasteiger partial charge in [-0.2, -0.15) is 5.10 Å². The molecule has 1 amide bonds. The third-order valence-electron chi connectivity index (χ3n) is 5.34. The molecule has 1 atom stereocenters. The molecule has 174 valence electrons. The molecule has 4 aromatic rings. The van der Waals surface area contributed by atoms with E-state index in [1.807, 2.05) is 44.2 Å². The molecule has 34 heavy (non-hydrogen) atoms. The highest BCUT2D eigenvalue weighted by atomic mass is 16.5. The third-order valence-corrected chi connectivity index (χ3v) is 5.34. The number of hydrogen-bond donors (Lipinski definition) is 1. The van der Waals surface area contributed by atoms with Crippen LogP contribution in [-0.4, -0.2) is 42.5 Å². The monoisotopic (exact) mass is 459 g/mol. The Morgan fingerprint density at radius 2 is 1.82 bits per heavy atom. The van der Waals surface area contributed by atoms with Gasteiger partial charge in [0.25, 0.3) is 5.56 Å². The van der Waals surface area contributed by atoms with E-state index in [9.17, 15) is 9.59 Å². The van der Waals surface area contributed by atoms with Crippen LogP contribution < -0.4 is 15.6 Å². The number of carbonyl (C=O) groups is 1. The Balaban J connectivity index is 1.48. The predicted octanol–water partition coefficient (Wildman–Crippen LogP) is 2.39. The van der Waals surface area contributed by atoms with Gasteiger partial charge in [0.2, 0.25) is 5.91 Å². The fraction of sp³-hybridized carbons (Fsp3) is 0.250. The number of rotatable bonds is 7. The minimum absolute atomic E-state index is 0.181. The summed E-state index contributed by atoms with van der Waals surface area (Å²) in [6.45, 7) is 5.58. The van der Waals surface area contributed by atoms with Gasteiger partial charge < -0.3 is 10.1 Å². The van der Waals surface area contributed by atoms with Crippen molar-refractivity contribution in [2.24, 2.45) is 0 Å². The lowest BCUT2D eigenvalue weighted by molar-refractivity contribution is -0.124. The molecule has 0 aliphatic carbocycles. The summed E-state index contributed by atoms with van der Waals surface area (Å²) in [5.41, 5.74) is 3.60. The molecule has 0 aliphatic rings. The van der Waals surface area contributed by atoms with Crippen molar-refractivity contribution in [1.29, 1.82) is 0 Å². The summed E-state index contributed by atoms with van der Waals surface area (Å²) in [7, 11) is 1.61. The van der Waals surface area contributed by atoms with Crippen molar-refractivity contribution in [2.45, 2.75) is 33.4 Å². The molecule has 0 spiro atoms. The summed E-state index contributed by atoms with van der Waals surface area (Å²) in [4.78, 5) is 33.8. The van der Waals surface area contributed by atoms with E-state index in [0.29, 0.717) is 11.5 Å². The average molecular weight is 460 g/mol. The molecule has 0 bridgehead atoms. The zero-order valence-corrected chi connectivity index (χ0v) is 19.4. The van der Waals surface area contributed by atoms with Gasteiger partial charge in [-0.3, -0.25) is 9.59 Å². The molecule has 0 aliphatic heterocycles. The molecule has 1 unspecified atom stereocenters. The van der Waals surface area contributed by atoms with Crippen molar-refractivity contribution in [1.82, 2.24) is 34.8 Å². The van der Waals surface area contributed by atoms with Gasteiger partial charge >= 0.3 is 0 Å². The quantitative estimate of drug-likeness (QED) is 0.451. The number of methoxy groups -OCH3 is 1. The Bertz CT molecular complexity index is 1380. The van der Waals surface area contributed by atoms with Gasteiger partial charge in [0.15, 0.2) is 5.82 Å². The van der Waals surface area contributed by atoms with E-state index in [0.717, 1.165) is 33.1 Å². The Morgan fingerprint density at radius 1 is 1.06 bits per heavy atom. The van der Waals surface area contributed by atoms with Crippen molar-refractivity contribution in [3.8, 4) is 22.8 Å². The number of amides is 1. The van der Waals surface area contributed by atoms with Gasteiger partial charge in [0.1, 0.15) is 18.1 Å². The van der Waals surface area contributed by atoms with E-state index in [-0.39, 0.29) is 18.0 Å². The molecule has 1 aromatic carbocycles. The molecule has 0 radical (unpaired) electrons.